The van der Waals surface area contributed by atoms with E-state index in [0.29, 0.717) is 17.0 Å². The standard InChI is InChI=1S/C21H22N2O5/c1-13-9-14(2)11-15(10-13)20(21(26)27)22-18(24)7-8-23-16-5-3-4-6-17(16)28-12-19(23)25/h3-6,9-11,20H,7-8,12H2,1-2H3,(H,22,24)(H,26,27). The number of carboxylic acids is 1. The topological polar surface area (TPSA) is 95.9 Å². The van der Waals surface area contributed by atoms with Crippen LogP contribution >= 0.6 is 0 Å². The van der Waals surface area contributed by atoms with Gasteiger partial charge in [0.1, 0.15) is 5.75 Å². The molecule has 1 aliphatic rings. The summed E-state index contributed by atoms with van der Waals surface area (Å²) in [5.41, 5.74) is 2.97. The van der Waals surface area contributed by atoms with Crippen LogP contribution in [0.15, 0.2) is 42.5 Å². The summed E-state index contributed by atoms with van der Waals surface area (Å²) < 4.78 is 5.38. The number of aliphatic carboxylic acids is 1. The fraction of sp³-hybridized carbons (Fsp3) is 0.286. The number of amides is 2. The SMILES string of the molecule is Cc1cc(C)cc(C(NC(=O)CCN2C(=O)COc3ccccc32)C(=O)O)c1. The molecule has 0 saturated carbocycles. The molecule has 2 aromatic carbocycles. The number of nitrogens with one attached hydrogen (secondary N) is 1. The fourth-order valence-corrected chi connectivity index (χ4v) is 3.31. The maximum Gasteiger partial charge on any atom is 0.330 e. The first kappa shape index (κ1) is 19.4. The van der Waals surface area contributed by atoms with Gasteiger partial charge >= 0.3 is 5.97 Å². The van der Waals surface area contributed by atoms with Crippen molar-refractivity contribution < 1.29 is 24.2 Å². The molecule has 0 fully saturated rings. The number of carbonyl (C=O) groups is 3. The Labute approximate surface area is 162 Å². The van der Waals surface area contributed by atoms with Crippen molar-refractivity contribution in [1.29, 1.82) is 0 Å². The van der Waals surface area contributed by atoms with E-state index in [1.54, 1.807) is 36.4 Å². The van der Waals surface area contributed by atoms with E-state index < -0.39 is 17.9 Å². The first-order chi connectivity index (χ1) is 13.3. The molecule has 7 heteroatoms. The molecule has 28 heavy (non-hydrogen) atoms. The van der Waals surface area contributed by atoms with Crippen LogP contribution in [0.2, 0.25) is 0 Å². The van der Waals surface area contributed by atoms with E-state index in [-0.39, 0.29) is 25.5 Å². The molecule has 2 aromatic rings. The number of nitrogens with zero attached hydrogens (tertiary/aromatic N) is 1. The average molecular weight is 382 g/mol. The highest BCUT2D eigenvalue weighted by Gasteiger charge is 2.27. The minimum atomic E-state index is -1.14. The van der Waals surface area contributed by atoms with Crippen molar-refractivity contribution in [3.05, 3.63) is 59.2 Å². The van der Waals surface area contributed by atoms with Crippen molar-refractivity contribution in [2.24, 2.45) is 0 Å². The minimum absolute atomic E-state index is 0.0192. The predicted octanol–water partition coefficient (Wildman–Crippen LogP) is 2.36. The summed E-state index contributed by atoms with van der Waals surface area (Å²) in [6.45, 7) is 3.81. The van der Waals surface area contributed by atoms with E-state index in [1.807, 2.05) is 19.9 Å². The molecule has 2 amide bonds. The predicted molar refractivity (Wildman–Crippen MR) is 103 cm³/mol. The van der Waals surface area contributed by atoms with Crippen molar-refractivity contribution in [2.45, 2.75) is 26.3 Å². The lowest BCUT2D eigenvalue weighted by Crippen LogP contribution is -2.42. The van der Waals surface area contributed by atoms with Crippen LogP contribution in [0.3, 0.4) is 0 Å². The van der Waals surface area contributed by atoms with Gasteiger partial charge in [0.15, 0.2) is 12.6 Å². The Morgan fingerprint density at radius 1 is 1.18 bits per heavy atom. The number of aryl methyl sites for hydroxylation is 2. The van der Waals surface area contributed by atoms with E-state index in [4.69, 9.17) is 4.74 Å². The highest BCUT2D eigenvalue weighted by molar-refractivity contribution is 5.98. The summed E-state index contributed by atoms with van der Waals surface area (Å²) in [5, 5.41) is 12.1. The van der Waals surface area contributed by atoms with Crippen LogP contribution in [0, 0.1) is 13.8 Å². The largest absolute Gasteiger partial charge is 0.482 e. The second-order valence-corrected chi connectivity index (χ2v) is 6.81. The van der Waals surface area contributed by atoms with Gasteiger partial charge < -0.3 is 20.1 Å². The molecule has 1 aliphatic heterocycles. The summed E-state index contributed by atoms with van der Waals surface area (Å²) in [5.74, 6) is -1.23. The molecule has 2 N–H and O–H groups in total. The third kappa shape index (κ3) is 4.31. The first-order valence-electron chi connectivity index (χ1n) is 8.97. The number of ether oxygens (including phenoxy) is 1. The summed E-state index contributed by atoms with van der Waals surface area (Å²) in [6, 6.07) is 11.4. The number of hydrogen-bond acceptors (Lipinski definition) is 4. The zero-order valence-electron chi connectivity index (χ0n) is 15.8. The zero-order valence-corrected chi connectivity index (χ0v) is 15.8. The molecule has 1 atom stereocenters. The van der Waals surface area contributed by atoms with Crippen LogP contribution in [0.1, 0.15) is 29.2 Å². The molecule has 7 nitrogen and oxygen atoms in total. The normalized spacial score (nSPS) is 14.1. The number of benzene rings is 2. The van der Waals surface area contributed by atoms with Crippen LogP contribution in [0.5, 0.6) is 5.75 Å². The van der Waals surface area contributed by atoms with Crippen molar-refractivity contribution in [1.82, 2.24) is 5.32 Å². The van der Waals surface area contributed by atoms with Crippen molar-refractivity contribution in [2.75, 3.05) is 18.1 Å². The summed E-state index contributed by atoms with van der Waals surface area (Å²) in [4.78, 5) is 37.8. The van der Waals surface area contributed by atoms with Gasteiger partial charge in [-0.05, 0) is 31.5 Å². The van der Waals surface area contributed by atoms with Gasteiger partial charge in [-0.15, -0.1) is 0 Å². The van der Waals surface area contributed by atoms with E-state index in [9.17, 15) is 19.5 Å². The van der Waals surface area contributed by atoms with E-state index in [0.717, 1.165) is 11.1 Å². The van der Waals surface area contributed by atoms with Gasteiger partial charge in [0.25, 0.3) is 5.91 Å². The molecule has 0 aromatic heterocycles. The number of carbonyl (C=O) groups excluding carboxylic acids is 2. The molecule has 1 heterocycles. The maximum atomic E-state index is 12.4. The average Bonchev–Trinajstić information content (AvgIpc) is 2.64. The summed E-state index contributed by atoms with van der Waals surface area (Å²) in [7, 11) is 0. The first-order valence-corrected chi connectivity index (χ1v) is 8.97. The minimum Gasteiger partial charge on any atom is -0.482 e. The van der Waals surface area contributed by atoms with Gasteiger partial charge in [-0.2, -0.15) is 0 Å². The molecule has 0 aliphatic carbocycles. The maximum absolute atomic E-state index is 12.4. The van der Waals surface area contributed by atoms with Crippen molar-refractivity contribution >= 4 is 23.5 Å². The Morgan fingerprint density at radius 2 is 1.86 bits per heavy atom. The second kappa shape index (κ2) is 8.12. The van der Waals surface area contributed by atoms with Gasteiger partial charge in [0.05, 0.1) is 5.69 Å². The van der Waals surface area contributed by atoms with Crippen molar-refractivity contribution in [3.63, 3.8) is 0 Å². The smallest absolute Gasteiger partial charge is 0.330 e. The Kier molecular flexibility index (Phi) is 5.63. The van der Waals surface area contributed by atoms with Gasteiger partial charge in [-0.1, -0.05) is 41.5 Å². The molecule has 1 unspecified atom stereocenters. The third-order valence-electron chi connectivity index (χ3n) is 4.50. The monoisotopic (exact) mass is 382 g/mol. The van der Waals surface area contributed by atoms with Crippen LogP contribution < -0.4 is 15.0 Å². The Balaban J connectivity index is 1.69. The highest BCUT2D eigenvalue weighted by atomic mass is 16.5. The molecule has 146 valence electrons. The second-order valence-electron chi connectivity index (χ2n) is 6.81. The van der Waals surface area contributed by atoms with Gasteiger partial charge in [0, 0.05) is 13.0 Å². The fourth-order valence-electron chi connectivity index (χ4n) is 3.31. The number of rotatable bonds is 6. The number of anilines is 1. The molecular formula is C21H22N2O5. The van der Waals surface area contributed by atoms with Crippen molar-refractivity contribution in [3.8, 4) is 5.75 Å². The summed E-state index contributed by atoms with van der Waals surface area (Å²) in [6.07, 6.45) is -0.0192. The quantitative estimate of drug-likeness (QED) is 0.800. The number of carboxylic acid groups (broad SMARTS) is 1. The molecule has 3 rings (SSSR count). The number of hydrogen-bond donors (Lipinski definition) is 2. The van der Waals surface area contributed by atoms with Gasteiger partial charge in [0.2, 0.25) is 5.91 Å². The van der Waals surface area contributed by atoms with E-state index in [2.05, 4.69) is 5.32 Å². The highest BCUT2D eigenvalue weighted by Crippen LogP contribution is 2.31. The van der Waals surface area contributed by atoms with Crippen LogP contribution in [0.4, 0.5) is 5.69 Å². The Bertz CT molecular complexity index is 905. The molecule has 0 saturated heterocycles. The van der Waals surface area contributed by atoms with Gasteiger partial charge in [-0.25, -0.2) is 4.79 Å². The Morgan fingerprint density at radius 3 is 2.54 bits per heavy atom. The summed E-state index contributed by atoms with van der Waals surface area (Å²) >= 11 is 0. The Hall–Kier alpha value is -3.35. The molecule has 0 radical (unpaired) electrons. The van der Waals surface area contributed by atoms with Gasteiger partial charge in [-0.3, -0.25) is 9.59 Å². The lowest BCUT2D eigenvalue weighted by molar-refractivity contribution is -0.142. The molecule has 0 spiro atoms. The lowest BCUT2D eigenvalue weighted by Gasteiger charge is -2.29. The van der Waals surface area contributed by atoms with Crippen LogP contribution in [-0.4, -0.2) is 36.0 Å². The van der Waals surface area contributed by atoms with Crippen LogP contribution in [0.25, 0.3) is 0 Å². The zero-order chi connectivity index (χ0) is 20.3. The molecular weight excluding hydrogens is 360 g/mol. The van der Waals surface area contributed by atoms with E-state index >= 15 is 0 Å². The third-order valence-corrected chi connectivity index (χ3v) is 4.50. The number of para-hydroxylation sites is 2. The van der Waals surface area contributed by atoms with Crippen LogP contribution in [-0.2, 0) is 14.4 Å². The molecule has 0 bridgehead atoms. The van der Waals surface area contributed by atoms with E-state index in [1.165, 1.54) is 4.90 Å². The number of fused-ring (bicyclic) bond motifs is 1. The lowest BCUT2D eigenvalue weighted by atomic mass is 10.0.